The highest BCUT2D eigenvalue weighted by Gasteiger charge is 2.02. The highest BCUT2D eigenvalue weighted by atomic mass is 16.6. The van der Waals surface area contributed by atoms with E-state index in [1.54, 1.807) is 6.26 Å². The lowest BCUT2D eigenvalue weighted by Crippen LogP contribution is -1.84. The molecule has 3 nitrogen and oxygen atoms in total. The van der Waals surface area contributed by atoms with E-state index in [4.69, 9.17) is 9.15 Å². The van der Waals surface area contributed by atoms with Gasteiger partial charge in [0.05, 0.1) is 5.69 Å². The fourth-order valence-corrected chi connectivity index (χ4v) is 1.16. The largest absolute Gasteiger partial charge is 0.417 e. The van der Waals surface area contributed by atoms with Crippen molar-refractivity contribution in [3.05, 3.63) is 41.8 Å². The Labute approximate surface area is 82.3 Å². The lowest BCUT2D eigenvalue weighted by molar-refractivity contribution is 0.330. The van der Waals surface area contributed by atoms with E-state index >= 15 is 0 Å². The van der Waals surface area contributed by atoms with Gasteiger partial charge in [0.25, 0.3) is 0 Å². The molecule has 0 atom stereocenters. The summed E-state index contributed by atoms with van der Waals surface area (Å²) in [5.74, 6) is 0.742. The Kier molecular flexibility index (Phi) is 2.23. The monoisotopic (exact) mass is 189 g/mol. The zero-order valence-corrected chi connectivity index (χ0v) is 8.15. The fraction of sp³-hybridized carbons (Fsp3) is 0.182. The van der Waals surface area contributed by atoms with Crippen LogP contribution in [0, 0.1) is 13.8 Å². The van der Waals surface area contributed by atoms with Crippen molar-refractivity contribution in [1.82, 2.24) is 4.98 Å². The minimum atomic E-state index is 0.285. The molecule has 0 fully saturated rings. The van der Waals surface area contributed by atoms with Gasteiger partial charge in [0.15, 0.2) is 0 Å². The van der Waals surface area contributed by atoms with E-state index in [1.807, 2.05) is 38.1 Å². The molecule has 1 aromatic carbocycles. The molecule has 0 unspecified atom stereocenters. The van der Waals surface area contributed by atoms with E-state index in [0.29, 0.717) is 0 Å². The highest BCUT2D eigenvalue weighted by Crippen LogP contribution is 2.20. The van der Waals surface area contributed by atoms with Crippen LogP contribution in [-0.4, -0.2) is 4.98 Å². The van der Waals surface area contributed by atoms with Gasteiger partial charge in [-0.3, -0.25) is 0 Å². The van der Waals surface area contributed by atoms with Crippen LogP contribution in [0.25, 0.3) is 0 Å². The summed E-state index contributed by atoms with van der Waals surface area (Å²) in [6, 6.07) is 7.74. The molecule has 3 heteroatoms. The minimum Gasteiger partial charge on any atom is -0.417 e. The van der Waals surface area contributed by atoms with Gasteiger partial charge in [-0.2, -0.15) is 4.98 Å². The quantitative estimate of drug-likeness (QED) is 0.728. The minimum absolute atomic E-state index is 0.285. The third-order valence-corrected chi connectivity index (χ3v) is 1.79. The van der Waals surface area contributed by atoms with E-state index in [-0.39, 0.29) is 6.08 Å². The van der Waals surface area contributed by atoms with Crippen molar-refractivity contribution in [2.75, 3.05) is 0 Å². The van der Waals surface area contributed by atoms with Crippen LogP contribution in [0.4, 0.5) is 0 Å². The van der Waals surface area contributed by atoms with Crippen molar-refractivity contribution in [3.63, 3.8) is 0 Å². The zero-order valence-electron chi connectivity index (χ0n) is 8.15. The van der Waals surface area contributed by atoms with Gasteiger partial charge in [-0.05, 0) is 31.5 Å². The molecular weight excluding hydrogens is 178 g/mol. The van der Waals surface area contributed by atoms with Crippen LogP contribution in [0.15, 0.2) is 34.9 Å². The first-order valence-electron chi connectivity index (χ1n) is 4.41. The Morgan fingerprint density at radius 3 is 2.79 bits per heavy atom. The molecule has 0 saturated carbocycles. The lowest BCUT2D eigenvalue weighted by atomic mass is 10.2. The van der Waals surface area contributed by atoms with Crippen LogP contribution in [0.5, 0.6) is 11.8 Å². The summed E-state index contributed by atoms with van der Waals surface area (Å²) >= 11 is 0. The Balaban J connectivity index is 2.18. The molecule has 14 heavy (non-hydrogen) atoms. The number of hydrogen-bond donors (Lipinski definition) is 0. The first-order chi connectivity index (χ1) is 6.74. The molecule has 1 heterocycles. The average molecular weight is 189 g/mol. The second kappa shape index (κ2) is 3.54. The maximum atomic E-state index is 5.40. The molecule has 2 rings (SSSR count). The Bertz CT molecular complexity index is 434. The molecule has 1 aromatic heterocycles. The summed E-state index contributed by atoms with van der Waals surface area (Å²) in [7, 11) is 0. The first-order valence-corrected chi connectivity index (χ1v) is 4.41. The number of aryl methyl sites for hydroxylation is 2. The van der Waals surface area contributed by atoms with Crippen LogP contribution in [0.3, 0.4) is 0 Å². The van der Waals surface area contributed by atoms with Crippen molar-refractivity contribution < 1.29 is 9.15 Å². The van der Waals surface area contributed by atoms with Crippen molar-refractivity contribution in [2.24, 2.45) is 0 Å². The number of rotatable bonds is 2. The average Bonchev–Trinajstić information content (AvgIpc) is 2.51. The number of nitrogens with zero attached hydrogens (tertiary/aromatic N) is 1. The molecule has 72 valence electrons. The molecule has 0 radical (unpaired) electrons. The highest BCUT2D eigenvalue weighted by molar-refractivity contribution is 5.29. The Hall–Kier alpha value is -1.77. The predicted octanol–water partition coefficient (Wildman–Crippen LogP) is 3.08. The standard InChI is InChI=1S/C11H11NO2/c1-8-4-3-5-10(6-8)14-11-12-9(2)7-13-11/h3-7H,1-2H3. The number of aromatic nitrogens is 1. The van der Waals surface area contributed by atoms with Crippen LogP contribution < -0.4 is 4.74 Å². The topological polar surface area (TPSA) is 35.3 Å². The molecule has 2 aromatic rings. The molecule has 0 bridgehead atoms. The number of oxazole rings is 1. The first kappa shape index (κ1) is 8.81. The van der Waals surface area contributed by atoms with Gasteiger partial charge in [-0.15, -0.1) is 0 Å². The molecule has 0 amide bonds. The SMILES string of the molecule is Cc1cccc(Oc2nc(C)co2)c1. The number of benzene rings is 1. The summed E-state index contributed by atoms with van der Waals surface area (Å²) in [6.07, 6.45) is 1.85. The fourth-order valence-electron chi connectivity index (χ4n) is 1.16. The summed E-state index contributed by atoms with van der Waals surface area (Å²) in [5, 5.41) is 0. The predicted molar refractivity (Wildman–Crippen MR) is 52.5 cm³/mol. The summed E-state index contributed by atoms with van der Waals surface area (Å²) < 4.78 is 10.5. The molecule has 0 aliphatic heterocycles. The van der Waals surface area contributed by atoms with Crippen molar-refractivity contribution in [3.8, 4) is 11.8 Å². The number of ether oxygens (including phenoxy) is 1. The molecule has 0 saturated heterocycles. The van der Waals surface area contributed by atoms with E-state index in [9.17, 15) is 0 Å². The van der Waals surface area contributed by atoms with E-state index in [1.165, 1.54) is 0 Å². The van der Waals surface area contributed by atoms with Crippen molar-refractivity contribution in [2.45, 2.75) is 13.8 Å². The van der Waals surface area contributed by atoms with Crippen LogP contribution in [-0.2, 0) is 0 Å². The third-order valence-electron chi connectivity index (χ3n) is 1.79. The van der Waals surface area contributed by atoms with Crippen LogP contribution in [0.2, 0.25) is 0 Å². The van der Waals surface area contributed by atoms with E-state index in [2.05, 4.69) is 4.98 Å². The van der Waals surface area contributed by atoms with Gasteiger partial charge < -0.3 is 9.15 Å². The Morgan fingerprint density at radius 2 is 2.14 bits per heavy atom. The van der Waals surface area contributed by atoms with Gasteiger partial charge in [0.2, 0.25) is 0 Å². The van der Waals surface area contributed by atoms with Gasteiger partial charge >= 0.3 is 6.08 Å². The summed E-state index contributed by atoms with van der Waals surface area (Å²) in [5.41, 5.74) is 1.96. The molecule has 0 spiro atoms. The smallest absolute Gasteiger partial charge is 0.399 e. The third kappa shape index (κ3) is 1.93. The molecule has 0 aliphatic rings. The van der Waals surface area contributed by atoms with Crippen molar-refractivity contribution >= 4 is 0 Å². The zero-order chi connectivity index (χ0) is 9.97. The van der Waals surface area contributed by atoms with Gasteiger partial charge in [0, 0.05) is 0 Å². The molecule has 0 aliphatic carbocycles. The molecular formula is C11H11NO2. The van der Waals surface area contributed by atoms with Crippen LogP contribution in [0.1, 0.15) is 11.3 Å². The Morgan fingerprint density at radius 1 is 1.29 bits per heavy atom. The second-order valence-electron chi connectivity index (χ2n) is 3.17. The van der Waals surface area contributed by atoms with E-state index < -0.39 is 0 Å². The summed E-state index contributed by atoms with van der Waals surface area (Å²) in [4.78, 5) is 4.05. The van der Waals surface area contributed by atoms with Crippen LogP contribution >= 0.6 is 0 Å². The maximum Gasteiger partial charge on any atom is 0.399 e. The maximum absolute atomic E-state index is 5.40. The van der Waals surface area contributed by atoms with E-state index in [0.717, 1.165) is 17.0 Å². The lowest BCUT2D eigenvalue weighted by Gasteiger charge is -2.00. The summed E-state index contributed by atoms with van der Waals surface area (Å²) in [6.45, 7) is 3.86. The molecule has 0 N–H and O–H groups in total. The van der Waals surface area contributed by atoms with Crippen molar-refractivity contribution in [1.29, 1.82) is 0 Å². The van der Waals surface area contributed by atoms with Gasteiger partial charge in [-0.25, -0.2) is 0 Å². The number of hydrogen-bond acceptors (Lipinski definition) is 3. The van der Waals surface area contributed by atoms with Gasteiger partial charge in [-0.1, -0.05) is 12.1 Å². The second-order valence-corrected chi connectivity index (χ2v) is 3.17. The normalized spacial score (nSPS) is 10.1. The van der Waals surface area contributed by atoms with Gasteiger partial charge in [0.1, 0.15) is 12.0 Å².